The van der Waals surface area contributed by atoms with Crippen molar-refractivity contribution in [3.8, 4) is 0 Å². The van der Waals surface area contributed by atoms with Gasteiger partial charge in [-0.25, -0.2) is 0 Å². The predicted octanol–water partition coefficient (Wildman–Crippen LogP) is 3.04. The van der Waals surface area contributed by atoms with Crippen LogP contribution in [-0.2, 0) is 14.3 Å². The first-order valence-corrected chi connectivity index (χ1v) is 9.93. The monoisotopic (exact) mass is 428 g/mol. The number of ketones is 1. The van der Waals surface area contributed by atoms with Crippen molar-refractivity contribution in [2.45, 2.75) is 25.9 Å². The first kappa shape index (κ1) is 21.5. The van der Waals surface area contributed by atoms with E-state index in [1.165, 1.54) is 12.1 Å². The Hall–Kier alpha value is -3.19. The molecule has 2 amide bonds. The number of halogens is 1. The molecule has 0 aromatic heterocycles. The van der Waals surface area contributed by atoms with Gasteiger partial charge in [-0.1, -0.05) is 48.9 Å². The maximum absolute atomic E-state index is 12.6. The van der Waals surface area contributed by atoms with Gasteiger partial charge in [0.1, 0.15) is 0 Å². The zero-order chi connectivity index (χ0) is 21.7. The molecule has 0 spiro atoms. The van der Waals surface area contributed by atoms with Crippen LogP contribution in [0.4, 0.5) is 0 Å². The van der Waals surface area contributed by atoms with E-state index in [9.17, 15) is 19.2 Å². The Morgan fingerprint density at radius 1 is 1.10 bits per heavy atom. The van der Waals surface area contributed by atoms with E-state index in [0.29, 0.717) is 22.6 Å². The number of esters is 1. The van der Waals surface area contributed by atoms with Gasteiger partial charge in [0.15, 0.2) is 6.10 Å². The molecule has 0 radical (unpaired) electrons. The van der Waals surface area contributed by atoms with Crippen molar-refractivity contribution in [3.63, 3.8) is 0 Å². The molecule has 2 aromatic carbocycles. The number of Topliss-reactive ketones (excluding diaryl/α,β-unsaturated/α-hetero) is 1. The summed E-state index contributed by atoms with van der Waals surface area (Å²) in [5.74, 6) is -2.58. The molecule has 1 heterocycles. The predicted molar refractivity (Wildman–Crippen MR) is 110 cm³/mol. The smallest absolute Gasteiger partial charge is 0.312 e. The molecule has 0 saturated carbocycles. The Morgan fingerprint density at radius 3 is 2.40 bits per heavy atom. The highest BCUT2D eigenvalue weighted by Gasteiger charge is 2.38. The largest absolute Gasteiger partial charge is 0.454 e. The number of nitrogens with one attached hydrogen (secondary N) is 1. The van der Waals surface area contributed by atoms with Crippen LogP contribution in [0, 0.1) is 5.92 Å². The van der Waals surface area contributed by atoms with E-state index in [4.69, 9.17) is 16.3 Å². The first-order chi connectivity index (χ1) is 14.4. The topological polar surface area (TPSA) is 92.8 Å². The number of carbonyl (C=O) groups is 4. The molecule has 1 N–H and O–H groups in total. The van der Waals surface area contributed by atoms with Gasteiger partial charge in [0, 0.05) is 22.6 Å². The minimum absolute atomic E-state index is 0.0209. The van der Waals surface area contributed by atoms with Crippen LogP contribution in [0.3, 0.4) is 0 Å². The molecule has 30 heavy (non-hydrogen) atoms. The van der Waals surface area contributed by atoms with Crippen molar-refractivity contribution in [2.24, 2.45) is 5.92 Å². The van der Waals surface area contributed by atoms with E-state index >= 15 is 0 Å². The summed E-state index contributed by atoms with van der Waals surface area (Å²) in [5.41, 5.74) is 3.28. The second kappa shape index (κ2) is 9.54. The van der Waals surface area contributed by atoms with Crippen LogP contribution < -0.4 is 5.43 Å². The van der Waals surface area contributed by atoms with Crippen molar-refractivity contribution in [3.05, 3.63) is 70.7 Å². The lowest BCUT2D eigenvalue weighted by Crippen LogP contribution is -2.43. The van der Waals surface area contributed by atoms with E-state index in [-0.39, 0.29) is 18.7 Å². The maximum atomic E-state index is 12.6. The van der Waals surface area contributed by atoms with Crippen LogP contribution in [-0.4, -0.2) is 41.2 Å². The molecule has 7 nitrogen and oxygen atoms in total. The third kappa shape index (κ3) is 5.04. The quantitative estimate of drug-likeness (QED) is 0.540. The van der Waals surface area contributed by atoms with E-state index in [1.54, 1.807) is 49.4 Å². The Labute approximate surface area is 178 Å². The van der Waals surface area contributed by atoms with Gasteiger partial charge in [-0.05, 0) is 30.7 Å². The minimum Gasteiger partial charge on any atom is -0.454 e. The molecule has 3 rings (SSSR count). The number of hydrogen-bond acceptors (Lipinski definition) is 5. The molecule has 0 bridgehead atoms. The van der Waals surface area contributed by atoms with Crippen molar-refractivity contribution in [1.82, 2.24) is 10.4 Å². The van der Waals surface area contributed by atoms with Crippen LogP contribution in [0.2, 0.25) is 5.02 Å². The zero-order valence-electron chi connectivity index (χ0n) is 16.3. The van der Waals surface area contributed by atoms with Crippen LogP contribution in [0.1, 0.15) is 40.5 Å². The van der Waals surface area contributed by atoms with Gasteiger partial charge in [-0.3, -0.25) is 29.6 Å². The second-order valence-corrected chi connectivity index (χ2v) is 7.35. The maximum Gasteiger partial charge on any atom is 0.312 e. The fourth-order valence-electron chi connectivity index (χ4n) is 3.11. The summed E-state index contributed by atoms with van der Waals surface area (Å²) in [6.45, 7) is 1.73. The van der Waals surface area contributed by atoms with E-state index in [1.807, 2.05) is 0 Å². The molecule has 2 aromatic rings. The van der Waals surface area contributed by atoms with Gasteiger partial charge < -0.3 is 4.74 Å². The lowest BCUT2D eigenvalue weighted by Gasteiger charge is -2.19. The highest BCUT2D eigenvalue weighted by Crippen LogP contribution is 2.20. The molecular formula is C22H21ClN2O5. The summed E-state index contributed by atoms with van der Waals surface area (Å²) < 4.78 is 5.40. The molecule has 1 aliphatic heterocycles. The number of nitrogens with zero attached hydrogens (tertiary/aromatic N) is 1. The standard InChI is InChI=1S/C22H21ClN2O5/c1-2-18(20(27)14-6-4-3-5-7-14)30-22(29)16-12-19(26)25(13-16)24-21(28)15-8-10-17(23)11-9-15/h3-11,16,18H,2,12-13H2,1H3,(H,24,28)/t16-,18+/m0/s1. The number of hydrogen-bond donors (Lipinski definition) is 1. The van der Waals surface area contributed by atoms with Crippen LogP contribution in [0.5, 0.6) is 0 Å². The lowest BCUT2D eigenvalue weighted by molar-refractivity contribution is -0.151. The van der Waals surface area contributed by atoms with Crippen molar-refractivity contribution in [1.29, 1.82) is 0 Å². The number of carbonyl (C=O) groups excluding carboxylic acids is 4. The number of amides is 2. The Morgan fingerprint density at radius 2 is 1.77 bits per heavy atom. The van der Waals surface area contributed by atoms with E-state index in [0.717, 1.165) is 5.01 Å². The van der Waals surface area contributed by atoms with Crippen LogP contribution in [0.15, 0.2) is 54.6 Å². The number of benzene rings is 2. The van der Waals surface area contributed by atoms with E-state index in [2.05, 4.69) is 5.43 Å². The van der Waals surface area contributed by atoms with Crippen molar-refractivity contribution >= 4 is 35.2 Å². The summed E-state index contributed by atoms with van der Waals surface area (Å²) in [6, 6.07) is 14.8. The molecule has 8 heteroatoms. The molecule has 1 aliphatic rings. The SMILES string of the molecule is CC[C@@H](OC(=O)[C@H]1CC(=O)N(NC(=O)c2ccc(Cl)cc2)C1)C(=O)c1ccccc1. The van der Waals surface area contributed by atoms with Gasteiger partial charge in [0.2, 0.25) is 11.7 Å². The summed E-state index contributed by atoms with van der Waals surface area (Å²) in [6.07, 6.45) is -0.708. The Balaban J connectivity index is 1.59. The van der Waals surface area contributed by atoms with Crippen LogP contribution >= 0.6 is 11.6 Å². The Bertz CT molecular complexity index is 946. The third-order valence-electron chi connectivity index (χ3n) is 4.78. The average Bonchev–Trinajstić information content (AvgIpc) is 3.12. The molecule has 0 aliphatic carbocycles. The Kier molecular flexibility index (Phi) is 6.84. The van der Waals surface area contributed by atoms with Gasteiger partial charge >= 0.3 is 5.97 Å². The van der Waals surface area contributed by atoms with Crippen molar-refractivity contribution < 1.29 is 23.9 Å². The highest BCUT2D eigenvalue weighted by molar-refractivity contribution is 6.30. The zero-order valence-corrected chi connectivity index (χ0v) is 17.1. The fraction of sp³-hybridized carbons (Fsp3) is 0.273. The third-order valence-corrected chi connectivity index (χ3v) is 5.03. The summed E-state index contributed by atoms with van der Waals surface area (Å²) in [5, 5.41) is 1.59. The normalized spacial score (nSPS) is 16.8. The highest BCUT2D eigenvalue weighted by atomic mass is 35.5. The summed E-state index contributed by atoms with van der Waals surface area (Å²) >= 11 is 5.81. The van der Waals surface area contributed by atoms with Crippen LogP contribution in [0.25, 0.3) is 0 Å². The number of ether oxygens (including phenoxy) is 1. The minimum atomic E-state index is -0.923. The fourth-order valence-corrected chi connectivity index (χ4v) is 3.23. The number of rotatable bonds is 7. The lowest BCUT2D eigenvalue weighted by atomic mass is 10.0. The molecule has 2 atom stereocenters. The molecule has 0 unspecified atom stereocenters. The summed E-state index contributed by atoms with van der Waals surface area (Å²) in [4.78, 5) is 49.6. The number of hydrazine groups is 1. The summed E-state index contributed by atoms with van der Waals surface area (Å²) in [7, 11) is 0. The molecule has 1 saturated heterocycles. The average molecular weight is 429 g/mol. The van der Waals surface area contributed by atoms with Gasteiger partial charge in [0.05, 0.1) is 12.5 Å². The van der Waals surface area contributed by atoms with E-state index < -0.39 is 29.8 Å². The molecule has 1 fully saturated rings. The van der Waals surface area contributed by atoms with Gasteiger partial charge in [-0.15, -0.1) is 0 Å². The van der Waals surface area contributed by atoms with Crippen molar-refractivity contribution in [2.75, 3.05) is 6.54 Å². The van der Waals surface area contributed by atoms with Gasteiger partial charge in [-0.2, -0.15) is 0 Å². The van der Waals surface area contributed by atoms with Gasteiger partial charge in [0.25, 0.3) is 5.91 Å². The molecule has 156 valence electrons. The first-order valence-electron chi connectivity index (χ1n) is 9.55. The second-order valence-electron chi connectivity index (χ2n) is 6.92. The molecular weight excluding hydrogens is 408 g/mol.